The highest BCUT2D eigenvalue weighted by atomic mass is 16.3. The minimum absolute atomic E-state index is 0.0347. The van der Waals surface area contributed by atoms with Crippen LogP contribution in [-0.4, -0.2) is 33.6 Å². The molecule has 0 saturated carbocycles. The number of anilines is 1. The number of aliphatic hydroxyl groups is 1. The summed E-state index contributed by atoms with van der Waals surface area (Å²) in [6, 6.07) is 1.48. The van der Waals surface area contributed by atoms with Gasteiger partial charge < -0.3 is 10.4 Å². The van der Waals surface area contributed by atoms with Gasteiger partial charge in [-0.2, -0.15) is 5.10 Å². The van der Waals surface area contributed by atoms with Crippen molar-refractivity contribution in [3.8, 4) is 0 Å². The first kappa shape index (κ1) is 15.5. The normalized spacial score (nSPS) is 12.5. The van der Waals surface area contributed by atoms with E-state index in [4.69, 9.17) is 5.11 Å². The second kappa shape index (κ2) is 7.78. The highest BCUT2D eigenvalue weighted by molar-refractivity contribution is 5.88. The van der Waals surface area contributed by atoms with E-state index in [1.165, 1.54) is 0 Å². The maximum atomic E-state index is 11.9. The number of hydrogen-bond donors (Lipinski definition) is 3. The number of nitrogens with zero attached hydrogens (tertiary/aromatic N) is 2. The maximum Gasteiger partial charge on any atom is 0.320 e. The number of hydrogen-bond acceptors (Lipinski definition) is 3. The van der Waals surface area contributed by atoms with Crippen LogP contribution in [-0.2, 0) is 6.54 Å². The van der Waals surface area contributed by atoms with E-state index in [0.717, 1.165) is 13.0 Å². The number of aryl methyl sites for hydroxylation is 1. The molecule has 6 nitrogen and oxygen atoms in total. The highest BCUT2D eigenvalue weighted by Crippen LogP contribution is 2.09. The van der Waals surface area contributed by atoms with Gasteiger partial charge in [-0.05, 0) is 18.8 Å². The van der Waals surface area contributed by atoms with E-state index in [1.807, 2.05) is 13.8 Å². The van der Waals surface area contributed by atoms with Gasteiger partial charge in [0.05, 0.1) is 6.20 Å². The lowest BCUT2D eigenvalue weighted by atomic mass is 10.0. The number of rotatable bonds is 7. The van der Waals surface area contributed by atoms with Crippen molar-refractivity contribution >= 4 is 11.8 Å². The number of carbonyl (C=O) groups is 1. The van der Waals surface area contributed by atoms with Crippen LogP contribution in [0.4, 0.5) is 10.6 Å². The minimum atomic E-state index is -0.259. The molecule has 19 heavy (non-hydrogen) atoms. The van der Waals surface area contributed by atoms with Crippen LogP contribution >= 0.6 is 0 Å². The van der Waals surface area contributed by atoms with Crippen molar-refractivity contribution < 1.29 is 9.90 Å². The van der Waals surface area contributed by atoms with Crippen molar-refractivity contribution in [3.05, 3.63) is 12.3 Å². The second-order valence-electron chi connectivity index (χ2n) is 4.90. The Bertz CT molecular complexity index is 390. The Kier molecular flexibility index (Phi) is 6.35. The van der Waals surface area contributed by atoms with E-state index in [-0.39, 0.29) is 24.6 Å². The van der Waals surface area contributed by atoms with Gasteiger partial charge in [-0.15, -0.1) is 0 Å². The van der Waals surface area contributed by atoms with Gasteiger partial charge in [0.2, 0.25) is 0 Å². The number of urea groups is 1. The summed E-state index contributed by atoms with van der Waals surface area (Å²) in [5, 5.41) is 18.8. The summed E-state index contributed by atoms with van der Waals surface area (Å²) in [5.41, 5.74) is 0. The fraction of sp³-hybridized carbons (Fsp3) is 0.692. The predicted molar refractivity (Wildman–Crippen MR) is 75.0 cm³/mol. The molecule has 3 N–H and O–H groups in total. The van der Waals surface area contributed by atoms with E-state index in [9.17, 15) is 4.79 Å². The number of aliphatic hydroxyl groups excluding tert-OH is 1. The minimum Gasteiger partial charge on any atom is -0.396 e. The van der Waals surface area contributed by atoms with Crippen LogP contribution in [0.3, 0.4) is 0 Å². The van der Waals surface area contributed by atoms with Crippen molar-refractivity contribution in [2.24, 2.45) is 5.92 Å². The third-order valence-corrected chi connectivity index (χ3v) is 2.95. The van der Waals surface area contributed by atoms with E-state index in [2.05, 4.69) is 22.7 Å². The summed E-state index contributed by atoms with van der Waals surface area (Å²) in [6.07, 6.45) is 3.18. The van der Waals surface area contributed by atoms with Crippen molar-refractivity contribution in [2.75, 3.05) is 11.9 Å². The molecular formula is C13H24N4O2. The number of aromatic nitrogens is 2. The lowest BCUT2D eigenvalue weighted by Crippen LogP contribution is -2.41. The molecule has 108 valence electrons. The highest BCUT2D eigenvalue weighted by Gasteiger charge is 2.16. The summed E-state index contributed by atoms with van der Waals surface area (Å²) in [6.45, 7) is 6.93. The number of nitrogens with one attached hydrogen (secondary N) is 2. The van der Waals surface area contributed by atoms with Crippen molar-refractivity contribution in [1.82, 2.24) is 15.1 Å². The summed E-state index contributed by atoms with van der Waals surface area (Å²) >= 11 is 0. The lowest BCUT2D eigenvalue weighted by Gasteiger charge is -2.21. The molecule has 0 radical (unpaired) electrons. The molecule has 1 aromatic heterocycles. The zero-order chi connectivity index (χ0) is 14.3. The maximum absolute atomic E-state index is 11.9. The average molecular weight is 268 g/mol. The fourth-order valence-electron chi connectivity index (χ4n) is 1.86. The molecule has 0 fully saturated rings. The summed E-state index contributed by atoms with van der Waals surface area (Å²) in [4.78, 5) is 11.9. The van der Waals surface area contributed by atoms with Gasteiger partial charge in [-0.25, -0.2) is 9.48 Å². The van der Waals surface area contributed by atoms with E-state index < -0.39 is 0 Å². The van der Waals surface area contributed by atoms with Crippen LogP contribution in [0.25, 0.3) is 0 Å². The lowest BCUT2D eigenvalue weighted by molar-refractivity contribution is 0.227. The second-order valence-corrected chi connectivity index (χ2v) is 4.90. The first-order valence-electron chi connectivity index (χ1n) is 6.78. The third kappa shape index (κ3) is 4.90. The van der Waals surface area contributed by atoms with E-state index in [0.29, 0.717) is 12.2 Å². The molecule has 0 aliphatic carbocycles. The largest absolute Gasteiger partial charge is 0.396 e. The fourth-order valence-corrected chi connectivity index (χ4v) is 1.86. The molecule has 0 spiro atoms. The van der Waals surface area contributed by atoms with Crippen molar-refractivity contribution in [3.63, 3.8) is 0 Å². The first-order valence-corrected chi connectivity index (χ1v) is 6.78. The Morgan fingerprint density at radius 1 is 1.53 bits per heavy atom. The first-order chi connectivity index (χ1) is 9.08. The van der Waals surface area contributed by atoms with Crippen LogP contribution in [0, 0.1) is 5.92 Å². The van der Waals surface area contributed by atoms with Crippen LogP contribution in [0.15, 0.2) is 12.3 Å². The molecule has 1 heterocycles. The molecule has 0 aromatic carbocycles. The Labute approximate surface area is 114 Å². The van der Waals surface area contributed by atoms with Crippen LogP contribution < -0.4 is 10.6 Å². The molecule has 1 aromatic rings. The van der Waals surface area contributed by atoms with Gasteiger partial charge in [0, 0.05) is 25.3 Å². The molecule has 1 unspecified atom stereocenters. The molecule has 1 rings (SSSR count). The van der Waals surface area contributed by atoms with Gasteiger partial charge >= 0.3 is 6.03 Å². The molecule has 0 aliphatic heterocycles. The SMILES string of the molecule is CCCn1nccc1NC(=O)NC(CCO)C(C)C. The Hall–Kier alpha value is -1.56. The molecule has 1 atom stereocenters. The zero-order valence-corrected chi connectivity index (χ0v) is 11.9. The molecule has 0 aliphatic rings. The predicted octanol–water partition coefficient (Wildman–Crippen LogP) is 1.82. The summed E-state index contributed by atoms with van der Waals surface area (Å²) < 4.78 is 1.76. The Balaban J connectivity index is 2.56. The number of carbonyl (C=O) groups excluding carboxylic acids is 1. The van der Waals surface area contributed by atoms with Crippen LogP contribution in [0.5, 0.6) is 0 Å². The van der Waals surface area contributed by atoms with Crippen LogP contribution in [0.1, 0.15) is 33.6 Å². The average Bonchev–Trinajstić information content (AvgIpc) is 2.76. The van der Waals surface area contributed by atoms with E-state index in [1.54, 1.807) is 16.9 Å². The van der Waals surface area contributed by atoms with Crippen LogP contribution in [0.2, 0.25) is 0 Å². The topological polar surface area (TPSA) is 79.2 Å². The molecule has 2 amide bonds. The monoisotopic (exact) mass is 268 g/mol. The zero-order valence-electron chi connectivity index (χ0n) is 11.9. The third-order valence-electron chi connectivity index (χ3n) is 2.95. The quantitative estimate of drug-likeness (QED) is 0.705. The Morgan fingerprint density at radius 2 is 2.26 bits per heavy atom. The van der Waals surface area contributed by atoms with Gasteiger partial charge in [0.15, 0.2) is 0 Å². The standard InChI is InChI=1S/C13H24N4O2/c1-4-8-17-12(5-7-14-17)16-13(19)15-11(6-9-18)10(2)3/h5,7,10-11,18H,4,6,8-9H2,1-3H3,(H2,15,16,19). The molecule has 0 saturated heterocycles. The molecule has 0 bridgehead atoms. The van der Waals surface area contributed by atoms with Crippen molar-refractivity contribution in [1.29, 1.82) is 0 Å². The number of amides is 2. The van der Waals surface area contributed by atoms with E-state index >= 15 is 0 Å². The van der Waals surface area contributed by atoms with Gasteiger partial charge in [-0.1, -0.05) is 20.8 Å². The molecule has 6 heteroatoms. The molecular weight excluding hydrogens is 244 g/mol. The van der Waals surface area contributed by atoms with Crippen molar-refractivity contribution in [2.45, 2.75) is 46.2 Å². The smallest absolute Gasteiger partial charge is 0.320 e. The van der Waals surface area contributed by atoms with Gasteiger partial charge in [0.25, 0.3) is 0 Å². The summed E-state index contributed by atoms with van der Waals surface area (Å²) in [7, 11) is 0. The Morgan fingerprint density at radius 3 is 2.84 bits per heavy atom. The van der Waals surface area contributed by atoms with Gasteiger partial charge in [0.1, 0.15) is 5.82 Å². The van der Waals surface area contributed by atoms with Gasteiger partial charge in [-0.3, -0.25) is 5.32 Å². The summed E-state index contributed by atoms with van der Waals surface area (Å²) in [5.74, 6) is 0.962.